The highest BCUT2D eigenvalue weighted by Crippen LogP contribution is 1.88. The van der Waals surface area contributed by atoms with Crippen LogP contribution in [-0.2, 0) is 0 Å². The highest BCUT2D eigenvalue weighted by atomic mass is 14.5. The zero-order valence-electron chi connectivity index (χ0n) is 11.8. The third kappa shape index (κ3) is 164. The molecule has 92 valence electrons. The van der Waals surface area contributed by atoms with Crippen molar-refractivity contribution >= 4 is 0 Å². The molecule has 0 spiro atoms. The van der Waals surface area contributed by atoms with Crippen LogP contribution < -0.4 is 5.73 Å². The zero-order chi connectivity index (χ0) is 12.2. The van der Waals surface area contributed by atoms with E-state index < -0.39 is 0 Å². The molecule has 0 atom stereocenters. The van der Waals surface area contributed by atoms with Crippen molar-refractivity contribution < 1.29 is 0 Å². The van der Waals surface area contributed by atoms with Gasteiger partial charge < -0.3 is 5.73 Å². The van der Waals surface area contributed by atoms with Gasteiger partial charge >= 0.3 is 0 Å². The molecule has 0 aliphatic rings. The van der Waals surface area contributed by atoms with Gasteiger partial charge in [-0.1, -0.05) is 74.1 Å². The molecular formula is C13H35N. The number of hydrogen-bond donors (Lipinski definition) is 1. The van der Waals surface area contributed by atoms with Gasteiger partial charge in [0.15, 0.2) is 0 Å². The Morgan fingerprint density at radius 3 is 1.07 bits per heavy atom. The number of unbranched alkanes of at least 4 members (excludes halogenated alkanes) is 2. The molecule has 0 aliphatic carbocycles. The maximum Gasteiger partial charge on any atom is -0.00773 e. The van der Waals surface area contributed by atoms with E-state index in [1.165, 1.54) is 32.1 Å². The first-order valence-electron chi connectivity index (χ1n) is 6.44. The van der Waals surface area contributed by atoms with Crippen LogP contribution in [0.5, 0.6) is 0 Å². The Hall–Kier alpha value is -0.0400. The molecule has 0 saturated carbocycles. The van der Waals surface area contributed by atoms with Gasteiger partial charge in [0.1, 0.15) is 0 Å². The molecule has 1 nitrogen and oxygen atoms in total. The van der Waals surface area contributed by atoms with Crippen molar-refractivity contribution in [1.82, 2.24) is 0 Å². The summed E-state index contributed by atoms with van der Waals surface area (Å²) in [6, 6.07) is 0. The van der Waals surface area contributed by atoms with Crippen LogP contribution in [-0.4, -0.2) is 6.54 Å². The summed E-state index contributed by atoms with van der Waals surface area (Å²) in [5, 5.41) is 0. The van der Waals surface area contributed by atoms with Crippen molar-refractivity contribution in [3.05, 3.63) is 0 Å². The largest absolute Gasteiger partial charge is 0.330 e. The quantitative estimate of drug-likeness (QED) is 0.645. The van der Waals surface area contributed by atoms with Crippen molar-refractivity contribution in [2.24, 2.45) is 5.73 Å². The van der Waals surface area contributed by atoms with Crippen molar-refractivity contribution in [1.29, 1.82) is 0 Å². The lowest BCUT2D eigenvalue weighted by Gasteiger charge is -1.86. The molecule has 1 heteroatoms. The standard InChI is InChI=1S/C5H13N.2C3H8.C2H6/c1-2-3-4-5-6;2*1-3-2;1-2/h2-6H2,1H3;2*3H2,1-2H3;1-2H3. The molecular weight excluding hydrogens is 170 g/mol. The van der Waals surface area contributed by atoms with Crippen molar-refractivity contribution in [3.63, 3.8) is 0 Å². The SMILES string of the molecule is CC.CCC.CCC.CCCCCN. The van der Waals surface area contributed by atoms with Gasteiger partial charge in [-0.3, -0.25) is 0 Å². The monoisotopic (exact) mass is 205 g/mol. The average Bonchev–Trinajstić information content (AvgIpc) is 2.20. The van der Waals surface area contributed by atoms with Gasteiger partial charge in [-0.25, -0.2) is 0 Å². The van der Waals surface area contributed by atoms with E-state index in [4.69, 9.17) is 5.73 Å². The van der Waals surface area contributed by atoms with E-state index in [9.17, 15) is 0 Å². The van der Waals surface area contributed by atoms with E-state index in [1.54, 1.807) is 0 Å². The number of rotatable bonds is 3. The van der Waals surface area contributed by atoms with Crippen molar-refractivity contribution in [2.45, 2.75) is 80.6 Å². The second-order valence-corrected chi connectivity index (χ2v) is 2.91. The van der Waals surface area contributed by atoms with Gasteiger partial charge in [0.05, 0.1) is 0 Å². The summed E-state index contributed by atoms with van der Waals surface area (Å²) in [6.07, 6.45) is 6.25. The fourth-order valence-electron chi connectivity index (χ4n) is 0.394. The van der Waals surface area contributed by atoms with Crippen LogP contribution in [0.3, 0.4) is 0 Å². The van der Waals surface area contributed by atoms with Crippen LogP contribution in [0.1, 0.15) is 80.6 Å². The van der Waals surface area contributed by atoms with Gasteiger partial charge in [-0.05, 0) is 13.0 Å². The Bertz CT molecular complexity index is 30.2. The van der Waals surface area contributed by atoms with E-state index in [2.05, 4.69) is 34.6 Å². The molecule has 0 heterocycles. The molecule has 0 amide bonds. The lowest BCUT2D eigenvalue weighted by Crippen LogP contribution is -1.96. The Balaban J connectivity index is -0.0000000536. The fraction of sp³-hybridized carbons (Fsp3) is 1.00. The van der Waals surface area contributed by atoms with Gasteiger partial charge in [0.2, 0.25) is 0 Å². The van der Waals surface area contributed by atoms with E-state index in [-0.39, 0.29) is 0 Å². The Labute approximate surface area is 93.5 Å². The predicted molar refractivity (Wildman–Crippen MR) is 71.9 cm³/mol. The molecule has 0 rings (SSSR count). The van der Waals surface area contributed by atoms with Crippen molar-refractivity contribution in [2.75, 3.05) is 6.54 Å². The average molecular weight is 205 g/mol. The summed E-state index contributed by atoms with van der Waals surface area (Å²) in [4.78, 5) is 0. The maximum atomic E-state index is 5.21. The molecule has 0 unspecified atom stereocenters. The third-order valence-electron chi connectivity index (χ3n) is 0.808. The van der Waals surface area contributed by atoms with Crippen LogP contribution in [0.4, 0.5) is 0 Å². The predicted octanol–water partition coefficient (Wildman–Crippen LogP) is 4.99. The second-order valence-electron chi connectivity index (χ2n) is 2.91. The van der Waals surface area contributed by atoms with E-state index in [0.717, 1.165) is 6.54 Å². The summed E-state index contributed by atoms with van der Waals surface area (Å²) in [5.41, 5.74) is 5.21. The third-order valence-corrected chi connectivity index (χ3v) is 0.808. The highest BCUT2D eigenvalue weighted by molar-refractivity contribution is 4.34. The normalized spacial score (nSPS) is 6.86. The molecule has 0 aliphatic heterocycles. The molecule has 0 aromatic rings. The first-order valence-corrected chi connectivity index (χ1v) is 6.44. The Morgan fingerprint density at radius 2 is 1.00 bits per heavy atom. The van der Waals surface area contributed by atoms with E-state index in [0.29, 0.717) is 0 Å². The molecule has 0 fully saturated rings. The highest BCUT2D eigenvalue weighted by Gasteiger charge is 1.75. The minimum atomic E-state index is 0.855. The first-order chi connectivity index (χ1) is 6.74. The molecule has 14 heavy (non-hydrogen) atoms. The van der Waals surface area contributed by atoms with Gasteiger partial charge in [0, 0.05) is 0 Å². The topological polar surface area (TPSA) is 26.0 Å². The summed E-state index contributed by atoms with van der Waals surface area (Å²) in [6.45, 7) is 15.5. The fourth-order valence-corrected chi connectivity index (χ4v) is 0.394. The summed E-state index contributed by atoms with van der Waals surface area (Å²) in [7, 11) is 0. The van der Waals surface area contributed by atoms with Gasteiger partial charge in [-0.2, -0.15) is 0 Å². The second kappa shape index (κ2) is 52.2. The molecule has 0 aromatic carbocycles. The van der Waals surface area contributed by atoms with E-state index >= 15 is 0 Å². The summed E-state index contributed by atoms with van der Waals surface area (Å²) in [5.74, 6) is 0. The van der Waals surface area contributed by atoms with Crippen LogP contribution in [0.25, 0.3) is 0 Å². The Morgan fingerprint density at radius 1 is 0.714 bits per heavy atom. The smallest absolute Gasteiger partial charge is 0.00773 e. The van der Waals surface area contributed by atoms with Gasteiger partial charge in [-0.15, -0.1) is 0 Å². The maximum absolute atomic E-state index is 5.21. The molecule has 0 radical (unpaired) electrons. The molecule has 0 aromatic heterocycles. The number of hydrogen-bond acceptors (Lipinski definition) is 1. The summed E-state index contributed by atoms with van der Waals surface area (Å²) < 4.78 is 0. The number of nitrogens with two attached hydrogens (primary N) is 1. The van der Waals surface area contributed by atoms with Crippen LogP contribution in [0.2, 0.25) is 0 Å². The molecule has 0 bridgehead atoms. The zero-order valence-corrected chi connectivity index (χ0v) is 11.8. The minimum Gasteiger partial charge on any atom is -0.330 e. The van der Waals surface area contributed by atoms with E-state index in [1.807, 2.05) is 13.8 Å². The Kier molecular flexibility index (Phi) is 88.1. The lowest BCUT2D eigenvalue weighted by atomic mass is 10.3. The lowest BCUT2D eigenvalue weighted by molar-refractivity contribution is 0.727. The first kappa shape index (κ1) is 23.6. The summed E-state index contributed by atoms with van der Waals surface area (Å²) >= 11 is 0. The van der Waals surface area contributed by atoms with Crippen LogP contribution >= 0.6 is 0 Å². The molecule has 0 saturated heterocycles. The van der Waals surface area contributed by atoms with Crippen LogP contribution in [0, 0.1) is 0 Å². The van der Waals surface area contributed by atoms with Gasteiger partial charge in [0.25, 0.3) is 0 Å². The minimum absolute atomic E-state index is 0.855. The molecule has 2 N–H and O–H groups in total. The van der Waals surface area contributed by atoms with Crippen LogP contribution in [0.15, 0.2) is 0 Å². The van der Waals surface area contributed by atoms with Crippen molar-refractivity contribution in [3.8, 4) is 0 Å².